The predicted octanol–water partition coefficient (Wildman–Crippen LogP) is 3.06. The first-order valence-electron chi connectivity index (χ1n) is 11.0. The van der Waals surface area contributed by atoms with Gasteiger partial charge in [-0.15, -0.1) is 0 Å². The number of carbonyl (C=O) groups excluding carboxylic acids is 1. The van der Waals surface area contributed by atoms with E-state index in [-0.39, 0.29) is 12.5 Å². The van der Waals surface area contributed by atoms with Crippen molar-refractivity contribution in [2.75, 3.05) is 24.6 Å². The number of amides is 1. The van der Waals surface area contributed by atoms with Gasteiger partial charge < -0.3 is 15.0 Å². The van der Waals surface area contributed by atoms with Crippen LogP contribution in [0, 0.1) is 13.8 Å². The minimum absolute atomic E-state index is 0.0457. The molecule has 0 bridgehead atoms. The van der Waals surface area contributed by atoms with E-state index in [0.29, 0.717) is 18.2 Å². The molecule has 166 valence electrons. The number of ether oxygens (including phenoxy) is 1. The molecule has 0 unspecified atom stereocenters. The van der Waals surface area contributed by atoms with Crippen LogP contribution in [0.15, 0.2) is 72.6 Å². The molecule has 7 heteroatoms. The number of aromatic nitrogens is 2. The molecule has 0 saturated carbocycles. The van der Waals surface area contributed by atoms with Crippen molar-refractivity contribution in [1.29, 1.82) is 0 Å². The zero-order chi connectivity index (χ0) is 22.8. The summed E-state index contributed by atoms with van der Waals surface area (Å²) in [7, 11) is 0. The molecule has 0 spiro atoms. The Morgan fingerprint density at radius 1 is 1.12 bits per heavy atom. The number of anilines is 1. The third-order valence-corrected chi connectivity index (χ3v) is 5.65. The van der Waals surface area contributed by atoms with Crippen LogP contribution in [-0.2, 0) is 4.79 Å². The van der Waals surface area contributed by atoms with Gasteiger partial charge in [0.15, 0.2) is 6.61 Å². The number of hydrogen-bond acceptors (Lipinski definition) is 5. The summed E-state index contributed by atoms with van der Waals surface area (Å²) in [6.45, 7) is 5.48. The number of hydrogen-bond donors (Lipinski definition) is 2. The molecule has 1 amide bonds. The fourth-order valence-electron chi connectivity index (χ4n) is 4.17. The van der Waals surface area contributed by atoms with Crippen molar-refractivity contribution in [2.24, 2.45) is 0 Å². The predicted molar refractivity (Wildman–Crippen MR) is 128 cm³/mol. The maximum absolute atomic E-state index is 12.7. The number of quaternary nitrogens is 1. The van der Waals surface area contributed by atoms with Crippen molar-refractivity contribution in [3.05, 3.63) is 83.7 Å². The van der Waals surface area contributed by atoms with Crippen LogP contribution in [0.1, 0.15) is 11.1 Å². The lowest BCUT2D eigenvalue weighted by Gasteiger charge is -2.30. The first-order valence-corrected chi connectivity index (χ1v) is 11.0. The first kappa shape index (κ1) is 20.9. The summed E-state index contributed by atoms with van der Waals surface area (Å²) in [5.41, 5.74) is 7.03. The van der Waals surface area contributed by atoms with Crippen LogP contribution >= 0.6 is 0 Å². The quantitative estimate of drug-likeness (QED) is 0.596. The molecule has 2 aliphatic heterocycles. The van der Waals surface area contributed by atoms with Gasteiger partial charge in [-0.1, -0.05) is 12.1 Å². The van der Waals surface area contributed by atoms with Crippen molar-refractivity contribution in [3.63, 3.8) is 0 Å². The van der Waals surface area contributed by atoms with Gasteiger partial charge in [0.25, 0.3) is 5.91 Å². The molecule has 5 rings (SSSR count). The van der Waals surface area contributed by atoms with Gasteiger partial charge in [0.05, 0.1) is 17.9 Å². The van der Waals surface area contributed by atoms with Gasteiger partial charge >= 0.3 is 5.95 Å². The van der Waals surface area contributed by atoms with Gasteiger partial charge in [-0.25, -0.2) is 5.32 Å². The Labute approximate surface area is 192 Å². The molecule has 33 heavy (non-hydrogen) atoms. The van der Waals surface area contributed by atoms with Crippen molar-refractivity contribution < 1.29 is 14.8 Å². The largest absolute Gasteiger partial charge is 0.482 e. The average molecular weight is 441 g/mol. The molecule has 0 radical (unpaired) electrons. The highest BCUT2D eigenvalue weighted by atomic mass is 16.5. The van der Waals surface area contributed by atoms with Crippen LogP contribution in [0.2, 0.25) is 0 Å². The highest BCUT2D eigenvalue weighted by Gasteiger charge is 2.26. The highest BCUT2D eigenvalue weighted by Crippen LogP contribution is 2.36. The Morgan fingerprint density at radius 3 is 2.76 bits per heavy atom. The van der Waals surface area contributed by atoms with Gasteiger partial charge in [0.1, 0.15) is 11.4 Å². The number of dihydropyridines is 1. The summed E-state index contributed by atoms with van der Waals surface area (Å²) < 4.78 is 5.69. The highest BCUT2D eigenvalue weighted by molar-refractivity contribution is 5.99. The Hall–Kier alpha value is -3.97. The van der Waals surface area contributed by atoms with E-state index in [1.807, 2.05) is 41.9 Å². The zero-order valence-corrected chi connectivity index (χ0v) is 18.7. The van der Waals surface area contributed by atoms with E-state index in [2.05, 4.69) is 48.4 Å². The molecule has 7 nitrogen and oxygen atoms in total. The van der Waals surface area contributed by atoms with Crippen LogP contribution in [0.4, 0.5) is 17.3 Å². The van der Waals surface area contributed by atoms with E-state index in [0.717, 1.165) is 34.8 Å². The Morgan fingerprint density at radius 2 is 1.97 bits per heavy atom. The Kier molecular flexibility index (Phi) is 5.62. The third kappa shape index (κ3) is 4.63. The number of benzene rings is 2. The van der Waals surface area contributed by atoms with Gasteiger partial charge in [0.2, 0.25) is 0 Å². The van der Waals surface area contributed by atoms with E-state index in [4.69, 9.17) is 9.72 Å². The second-order valence-electron chi connectivity index (χ2n) is 8.34. The van der Waals surface area contributed by atoms with E-state index < -0.39 is 0 Å². The molecular formula is C26H26N5O2+. The van der Waals surface area contributed by atoms with Crippen molar-refractivity contribution in [1.82, 2.24) is 15.3 Å². The molecule has 3 aromatic rings. The number of fused-ring (bicyclic) bond motifs is 1. The second kappa shape index (κ2) is 8.88. The van der Waals surface area contributed by atoms with Crippen molar-refractivity contribution >= 4 is 23.2 Å². The molecule has 0 fully saturated rings. The zero-order valence-electron chi connectivity index (χ0n) is 18.7. The molecule has 3 heterocycles. The molecule has 1 aromatic heterocycles. The number of rotatable bonds is 5. The minimum Gasteiger partial charge on any atom is -0.482 e. The third-order valence-electron chi connectivity index (χ3n) is 5.65. The van der Waals surface area contributed by atoms with Gasteiger partial charge in [-0.3, -0.25) is 4.79 Å². The van der Waals surface area contributed by atoms with Crippen LogP contribution in [0.3, 0.4) is 0 Å². The molecule has 0 aliphatic carbocycles. The average Bonchev–Trinajstić information content (AvgIpc) is 2.81. The standard InChI is InChI=1S/C26H25N5O2/c1-17-11-18(2)13-21(12-17)29-26-28-10-7-22(30-26)20-3-4-24-23(14-20)31(25(32)16-33-24)15-19-5-8-27-9-6-19/h3-8,10-14,27H,9,15-16H2,1-2H3,(H,28,29,30)/p+1. The monoisotopic (exact) mass is 440 g/mol. The molecule has 0 atom stereocenters. The lowest BCUT2D eigenvalue weighted by atomic mass is 10.1. The summed E-state index contributed by atoms with van der Waals surface area (Å²) in [6, 6.07) is 14.1. The van der Waals surface area contributed by atoms with E-state index >= 15 is 0 Å². The maximum atomic E-state index is 12.7. The minimum atomic E-state index is -0.0565. The smallest absolute Gasteiger partial charge is 0.331 e. The Balaban J connectivity index is 1.45. The molecule has 2 aliphatic rings. The lowest BCUT2D eigenvalue weighted by Crippen LogP contribution is -2.72. The fraction of sp³-hybridized carbons (Fsp3) is 0.192. The summed E-state index contributed by atoms with van der Waals surface area (Å²) >= 11 is 0. The summed E-state index contributed by atoms with van der Waals surface area (Å²) in [5, 5.41) is 5.12. The number of nitrogens with zero attached hydrogens (tertiary/aromatic N) is 3. The normalized spacial score (nSPS) is 14.9. The van der Waals surface area contributed by atoms with Crippen LogP contribution in [0.25, 0.3) is 11.3 Å². The maximum Gasteiger partial charge on any atom is 0.331 e. The first-order chi connectivity index (χ1) is 16.0. The number of carbonyl (C=O) groups is 1. The van der Waals surface area contributed by atoms with Crippen molar-refractivity contribution in [3.8, 4) is 17.0 Å². The molecule has 2 aromatic carbocycles. The van der Waals surface area contributed by atoms with Gasteiger partial charge in [0, 0.05) is 30.4 Å². The summed E-state index contributed by atoms with van der Waals surface area (Å²) in [6.07, 6.45) is 7.76. The van der Waals surface area contributed by atoms with Crippen molar-refractivity contribution in [2.45, 2.75) is 13.8 Å². The van der Waals surface area contributed by atoms with Gasteiger partial charge in [-0.2, -0.15) is 9.97 Å². The SMILES string of the molecule is Cc1cc(C)cc([NH2+]c2nccc(-c3ccc4c(c3)N(CC3=CCNC=C3)C(=O)CO4)n2)c1. The van der Waals surface area contributed by atoms with Crippen LogP contribution in [-0.4, -0.2) is 35.6 Å². The fourth-order valence-corrected chi connectivity index (χ4v) is 4.17. The topological polar surface area (TPSA) is 84.0 Å². The number of nitrogens with two attached hydrogens (primary N) is 1. The van der Waals surface area contributed by atoms with E-state index in [9.17, 15) is 4.79 Å². The number of nitrogens with one attached hydrogen (secondary N) is 1. The molecule has 0 saturated heterocycles. The van der Waals surface area contributed by atoms with E-state index in [1.54, 1.807) is 11.1 Å². The molecular weight excluding hydrogens is 414 g/mol. The summed E-state index contributed by atoms with van der Waals surface area (Å²) in [4.78, 5) is 23.7. The second-order valence-corrected chi connectivity index (χ2v) is 8.34. The van der Waals surface area contributed by atoms with Crippen LogP contribution < -0.4 is 20.3 Å². The Bertz CT molecular complexity index is 1260. The molecule has 3 N–H and O–H groups in total. The van der Waals surface area contributed by atoms with Crippen LogP contribution in [0.5, 0.6) is 5.75 Å². The summed E-state index contributed by atoms with van der Waals surface area (Å²) in [5.74, 6) is 1.29. The number of aryl methyl sites for hydroxylation is 2. The van der Waals surface area contributed by atoms with Gasteiger partial charge in [-0.05, 0) is 67.1 Å². The van der Waals surface area contributed by atoms with E-state index in [1.165, 1.54) is 11.1 Å². The lowest BCUT2D eigenvalue weighted by molar-refractivity contribution is -0.487.